The van der Waals surface area contributed by atoms with E-state index in [2.05, 4.69) is 17.1 Å². The lowest BCUT2D eigenvalue weighted by atomic mass is 10.0. The minimum absolute atomic E-state index is 0.261. The van der Waals surface area contributed by atoms with Gasteiger partial charge in [-0.2, -0.15) is 0 Å². The van der Waals surface area contributed by atoms with Crippen molar-refractivity contribution in [1.82, 2.24) is 4.98 Å². The van der Waals surface area contributed by atoms with Crippen LogP contribution in [0.25, 0.3) is 0 Å². The first-order chi connectivity index (χ1) is 9.20. The third kappa shape index (κ3) is 3.41. The zero-order valence-corrected chi connectivity index (χ0v) is 11.2. The third-order valence-electron chi connectivity index (χ3n) is 3.10. The molecule has 3 nitrogen and oxygen atoms in total. The highest BCUT2D eigenvalue weighted by molar-refractivity contribution is 5.76. The Kier molecular flexibility index (Phi) is 4.29. The van der Waals surface area contributed by atoms with Gasteiger partial charge in [-0.05, 0) is 30.5 Å². The Balaban J connectivity index is 2.08. The van der Waals surface area contributed by atoms with Crippen LogP contribution in [0.1, 0.15) is 29.7 Å². The molecule has 1 heterocycles. The Bertz CT molecular complexity index is 534. The van der Waals surface area contributed by atoms with Crippen LogP contribution in [-0.2, 0) is 16.0 Å². The maximum absolute atomic E-state index is 11.4. The highest BCUT2D eigenvalue weighted by Crippen LogP contribution is 2.15. The van der Waals surface area contributed by atoms with Crippen LogP contribution in [0, 0.1) is 0 Å². The van der Waals surface area contributed by atoms with Gasteiger partial charge >= 0.3 is 5.97 Å². The molecule has 19 heavy (non-hydrogen) atoms. The largest absolute Gasteiger partial charge is 0.469 e. The fourth-order valence-electron chi connectivity index (χ4n) is 1.93. The van der Waals surface area contributed by atoms with Crippen molar-refractivity contribution >= 4 is 5.97 Å². The van der Waals surface area contributed by atoms with E-state index in [0.29, 0.717) is 0 Å². The number of hydrogen-bond acceptors (Lipinski definition) is 3. The van der Waals surface area contributed by atoms with E-state index in [1.54, 1.807) is 6.92 Å². The minimum Gasteiger partial charge on any atom is -0.469 e. The highest BCUT2D eigenvalue weighted by atomic mass is 16.5. The van der Waals surface area contributed by atoms with Crippen LogP contribution in [0.3, 0.4) is 0 Å². The van der Waals surface area contributed by atoms with Gasteiger partial charge in [-0.25, -0.2) is 0 Å². The number of aromatic nitrogens is 1. The number of pyridine rings is 1. The van der Waals surface area contributed by atoms with Gasteiger partial charge in [0.15, 0.2) is 0 Å². The summed E-state index contributed by atoms with van der Waals surface area (Å²) in [6.07, 6.45) is 2.67. The normalized spacial score (nSPS) is 11.9. The molecule has 0 spiro atoms. The van der Waals surface area contributed by atoms with Crippen molar-refractivity contribution in [3.8, 4) is 0 Å². The van der Waals surface area contributed by atoms with Gasteiger partial charge in [0.25, 0.3) is 0 Å². The van der Waals surface area contributed by atoms with Crippen molar-refractivity contribution in [2.24, 2.45) is 0 Å². The number of carbonyl (C=O) groups is 1. The van der Waals surface area contributed by atoms with E-state index in [1.165, 1.54) is 12.7 Å². The van der Waals surface area contributed by atoms with E-state index in [-0.39, 0.29) is 11.9 Å². The summed E-state index contributed by atoms with van der Waals surface area (Å²) in [5.41, 5.74) is 3.12. The summed E-state index contributed by atoms with van der Waals surface area (Å²) < 4.78 is 4.71. The number of esters is 1. The zero-order chi connectivity index (χ0) is 13.7. The molecular weight excluding hydrogens is 238 g/mol. The second-order valence-electron chi connectivity index (χ2n) is 4.50. The van der Waals surface area contributed by atoms with Gasteiger partial charge in [0.2, 0.25) is 0 Å². The van der Waals surface area contributed by atoms with Gasteiger partial charge in [-0.15, -0.1) is 0 Å². The molecule has 0 saturated carbocycles. The molecule has 0 aliphatic rings. The lowest BCUT2D eigenvalue weighted by molar-refractivity contribution is -0.142. The van der Waals surface area contributed by atoms with E-state index in [0.717, 1.165) is 17.7 Å². The smallest absolute Gasteiger partial charge is 0.314 e. The molecule has 0 bridgehead atoms. The zero-order valence-electron chi connectivity index (χ0n) is 11.2. The predicted molar refractivity (Wildman–Crippen MR) is 73.9 cm³/mol. The molecule has 0 aliphatic carbocycles. The number of benzene rings is 1. The minimum atomic E-state index is -0.323. The summed E-state index contributed by atoms with van der Waals surface area (Å²) >= 11 is 0. The van der Waals surface area contributed by atoms with E-state index >= 15 is 0 Å². The van der Waals surface area contributed by atoms with Crippen LogP contribution in [-0.4, -0.2) is 18.1 Å². The summed E-state index contributed by atoms with van der Waals surface area (Å²) in [4.78, 5) is 15.8. The van der Waals surface area contributed by atoms with Crippen LogP contribution in [0.2, 0.25) is 0 Å². The molecule has 2 rings (SSSR count). The van der Waals surface area contributed by atoms with Gasteiger partial charge in [-0.1, -0.05) is 36.4 Å². The van der Waals surface area contributed by atoms with E-state index in [1.807, 2.05) is 36.5 Å². The van der Waals surface area contributed by atoms with Crippen molar-refractivity contribution in [1.29, 1.82) is 0 Å². The summed E-state index contributed by atoms with van der Waals surface area (Å²) in [6, 6.07) is 14.1. The molecule has 0 saturated heterocycles. The average molecular weight is 255 g/mol. The van der Waals surface area contributed by atoms with Crippen LogP contribution in [0.5, 0.6) is 0 Å². The van der Waals surface area contributed by atoms with Gasteiger partial charge in [0, 0.05) is 6.20 Å². The van der Waals surface area contributed by atoms with Crippen LogP contribution in [0.15, 0.2) is 48.7 Å². The SMILES string of the molecule is COC(=O)C(C)c1ccc(Cc2ccccc2)cn1. The monoisotopic (exact) mass is 255 g/mol. The van der Waals surface area contributed by atoms with Crippen LogP contribution >= 0.6 is 0 Å². The molecule has 0 radical (unpaired) electrons. The topological polar surface area (TPSA) is 39.2 Å². The molecule has 1 aromatic heterocycles. The maximum atomic E-state index is 11.4. The van der Waals surface area contributed by atoms with Crippen molar-refractivity contribution in [2.75, 3.05) is 7.11 Å². The molecule has 1 unspecified atom stereocenters. The Hall–Kier alpha value is -2.16. The summed E-state index contributed by atoms with van der Waals surface area (Å²) in [5.74, 6) is -0.584. The lowest BCUT2D eigenvalue weighted by Gasteiger charge is -2.09. The number of hydrogen-bond donors (Lipinski definition) is 0. The average Bonchev–Trinajstić information content (AvgIpc) is 2.47. The van der Waals surface area contributed by atoms with E-state index in [9.17, 15) is 4.79 Å². The second-order valence-corrected chi connectivity index (χ2v) is 4.50. The van der Waals surface area contributed by atoms with Crippen molar-refractivity contribution < 1.29 is 9.53 Å². The fraction of sp³-hybridized carbons (Fsp3) is 0.250. The molecule has 0 aliphatic heterocycles. The van der Waals surface area contributed by atoms with E-state index < -0.39 is 0 Å². The van der Waals surface area contributed by atoms with Gasteiger partial charge in [-0.3, -0.25) is 9.78 Å². The number of carbonyl (C=O) groups excluding carboxylic acids is 1. The van der Waals surface area contributed by atoms with Crippen molar-refractivity contribution in [2.45, 2.75) is 19.3 Å². The molecule has 98 valence electrons. The maximum Gasteiger partial charge on any atom is 0.314 e. The second kappa shape index (κ2) is 6.14. The number of rotatable bonds is 4. The molecule has 1 aromatic carbocycles. The Morgan fingerprint density at radius 2 is 1.89 bits per heavy atom. The molecule has 0 N–H and O–H groups in total. The molecule has 1 atom stereocenters. The number of ether oxygens (including phenoxy) is 1. The summed E-state index contributed by atoms with van der Waals surface area (Å²) in [6.45, 7) is 1.80. The molecule has 3 heteroatoms. The van der Waals surface area contributed by atoms with Crippen molar-refractivity contribution in [3.63, 3.8) is 0 Å². The Labute approximate surface area is 113 Å². The Morgan fingerprint density at radius 3 is 2.47 bits per heavy atom. The first-order valence-electron chi connectivity index (χ1n) is 6.27. The van der Waals surface area contributed by atoms with Gasteiger partial charge in [0.05, 0.1) is 18.7 Å². The van der Waals surface area contributed by atoms with Crippen LogP contribution < -0.4 is 0 Å². The standard InChI is InChI=1S/C16H17NO2/c1-12(16(18)19-2)15-9-8-14(11-17-15)10-13-6-4-3-5-7-13/h3-9,11-12H,10H2,1-2H3. The van der Waals surface area contributed by atoms with Gasteiger partial charge in [0.1, 0.15) is 0 Å². The summed E-state index contributed by atoms with van der Waals surface area (Å²) in [7, 11) is 1.39. The molecule has 0 amide bonds. The Morgan fingerprint density at radius 1 is 1.16 bits per heavy atom. The van der Waals surface area contributed by atoms with Gasteiger partial charge < -0.3 is 4.74 Å². The van der Waals surface area contributed by atoms with Crippen LogP contribution in [0.4, 0.5) is 0 Å². The van der Waals surface area contributed by atoms with Crippen molar-refractivity contribution in [3.05, 3.63) is 65.5 Å². The predicted octanol–water partition coefficient (Wildman–Crippen LogP) is 2.95. The first kappa shape index (κ1) is 13.3. The fourth-order valence-corrected chi connectivity index (χ4v) is 1.93. The summed E-state index contributed by atoms with van der Waals surface area (Å²) in [5, 5.41) is 0. The quantitative estimate of drug-likeness (QED) is 0.788. The molecular formula is C16H17NO2. The lowest BCUT2D eigenvalue weighted by Crippen LogP contribution is -2.12. The number of methoxy groups -OCH3 is 1. The third-order valence-corrected chi connectivity index (χ3v) is 3.10. The molecule has 0 fully saturated rings. The molecule has 2 aromatic rings. The van der Waals surface area contributed by atoms with E-state index in [4.69, 9.17) is 4.74 Å². The highest BCUT2D eigenvalue weighted by Gasteiger charge is 2.16. The first-order valence-corrected chi connectivity index (χ1v) is 6.27. The number of nitrogens with zero attached hydrogens (tertiary/aromatic N) is 1.